The number of pyridine rings is 1. The van der Waals surface area contributed by atoms with Gasteiger partial charge in [0.2, 0.25) is 0 Å². The standard InChI is InChI=1S/C16H15F2N3O2S/c1-15(7-22)6-16(17,18)3-10-9-2-11(8-4-19-20-5-8)24-12(9)14(23)21-13(10)15/h2,4-5,22H,3,6-7H2,1H3,(H,19,20)(H,21,23)/t15-/m0/s1. The third kappa shape index (κ3) is 2.21. The Kier molecular flexibility index (Phi) is 3.20. The number of fused-ring (bicyclic) bond motifs is 3. The lowest BCUT2D eigenvalue weighted by Crippen LogP contribution is -2.43. The van der Waals surface area contributed by atoms with Gasteiger partial charge in [-0.15, -0.1) is 11.3 Å². The van der Waals surface area contributed by atoms with Gasteiger partial charge in [-0.05, 0) is 11.6 Å². The number of halogens is 2. The van der Waals surface area contributed by atoms with E-state index in [9.17, 15) is 18.7 Å². The smallest absolute Gasteiger partial charge is 0.266 e. The van der Waals surface area contributed by atoms with Crippen LogP contribution in [0, 0.1) is 0 Å². The summed E-state index contributed by atoms with van der Waals surface area (Å²) in [6.07, 6.45) is 2.39. The monoisotopic (exact) mass is 351 g/mol. The molecule has 126 valence electrons. The molecule has 1 atom stereocenters. The zero-order chi connectivity index (χ0) is 17.1. The van der Waals surface area contributed by atoms with Crippen LogP contribution >= 0.6 is 11.3 Å². The highest BCUT2D eigenvalue weighted by atomic mass is 32.1. The summed E-state index contributed by atoms with van der Waals surface area (Å²) in [6, 6.07) is 1.76. The van der Waals surface area contributed by atoms with Crippen molar-refractivity contribution in [1.29, 1.82) is 0 Å². The Balaban J connectivity index is 2.03. The van der Waals surface area contributed by atoms with Crippen LogP contribution in [0.5, 0.6) is 0 Å². The molecule has 1 aliphatic carbocycles. The number of alkyl halides is 2. The molecule has 0 amide bonds. The molecule has 3 N–H and O–H groups in total. The quantitative estimate of drug-likeness (QED) is 0.664. The Hall–Kier alpha value is -2.06. The van der Waals surface area contributed by atoms with Crippen molar-refractivity contribution in [2.45, 2.75) is 31.1 Å². The molecule has 8 heteroatoms. The summed E-state index contributed by atoms with van der Waals surface area (Å²) in [5.74, 6) is -2.92. The van der Waals surface area contributed by atoms with Crippen LogP contribution in [-0.4, -0.2) is 32.8 Å². The highest BCUT2D eigenvalue weighted by molar-refractivity contribution is 7.22. The van der Waals surface area contributed by atoms with Crippen molar-refractivity contribution in [2.75, 3.05) is 6.61 Å². The summed E-state index contributed by atoms with van der Waals surface area (Å²) in [6.45, 7) is 1.11. The molecule has 0 fully saturated rings. The predicted molar refractivity (Wildman–Crippen MR) is 87.7 cm³/mol. The Morgan fingerprint density at radius 2 is 2.25 bits per heavy atom. The van der Waals surface area contributed by atoms with E-state index in [2.05, 4.69) is 15.2 Å². The van der Waals surface area contributed by atoms with E-state index in [1.807, 2.05) is 0 Å². The first-order valence-electron chi connectivity index (χ1n) is 7.50. The van der Waals surface area contributed by atoms with E-state index < -0.39 is 30.8 Å². The predicted octanol–water partition coefficient (Wildman–Crippen LogP) is 2.81. The fourth-order valence-corrected chi connectivity index (χ4v) is 4.57. The van der Waals surface area contributed by atoms with E-state index >= 15 is 0 Å². The van der Waals surface area contributed by atoms with Gasteiger partial charge in [0.1, 0.15) is 4.70 Å². The van der Waals surface area contributed by atoms with Gasteiger partial charge in [-0.1, -0.05) is 6.92 Å². The van der Waals surface area contributed by atoms with E-state index in [1.165, 1.54) is 11.3 Å². The fourth-order valence-electron chi connectivity index (χ4n) is 3.51. The first-order valence-corrected chi connectivity index (χ1v) is 8.32. The number of aromatic nitrogens is 3. The maximum Gasteiger partial charge on any atom is 0.266 e. The van der Waals surface area contributed by atoms with Crippen LogP contribution in [0.15, 0.2) is 23.3 Å². The average Bonchev–Trinajstić information content (AvgIpc) is 3.16. The second-order valence-corrected chi connectivity index (χ2v) is 7.63. The van der Waals surface area contributed by atoms with Gasteiger partial charge in [-0.3, -0.25) is 9.89 Å². The SMILES string of the molecule is C[C@@]1(CO)CC(F)(F)Cc2c1[nH]c(=O)c1sc(-c3cn[nH]c3)cc21. The van der Waals surface area contributed by atoms with Gasteiger partial charge in [-0.2, -0.15) is 5.10 Å². The average molecular weight is 351 g/mol. The maximum absolute atomic E-state index is 14.3. The van der Waals surface area contributed by atoms with Gasteiger partial charge in [0.25, 0.3) is 11.5 Å². The van der Waals surface area contributed by atoms with E-state index in [4.69, 9.17) is 0 Å². The second kappa shape index (κ2) is 4.97. The molecular weight excluding hydrogens is 336 g/mol. The van der Waals surface area contributed by atoms with E-state index in [-0.39, 0.29) is 5.56 Å². The number of hydrogen-bond acceptors (Lipinski definition) is 4. The molecule has 3 aromatic heterocycles. The minimum Gasteiger partial charge on any atom is -0.395 e. The zero-order valence-corrected chi connectivity index (χ0v) is 13.6. The van der Waals surface area contributed by atoms with Gasteiger partial charge in [0, 0.05) is 46.0 Å². The Labute approximate surface area is 139 Å². The lowest BCUT2D eigenvalue weighted by atomic mass is 9.72. The third-order valence-corrected chi connectivity index (χ3v) is 5.81. The Morgan fingerprint density at radius 1 is 1.46 bits per heavy atom. The number of aliphatic hydroxyl groups is 1. The maximum atomic E-state index is 14.3. The van der Waals surface area contributed by atoms with Gasteiger partial charge >= 0.3 is 0 Å². The van der Waals surface area contributed by atoms with Crippen molar-refractivity contribution < 1.29 is 13.9 Å². The molecule has 0 unspecified atom stereocenters. The molecule has 1 aliphatic rings. The Bertz CT molecular complexity index is 977. The van der Waals surface area contributed by atoms with Crippen molar-refractivity contribution in [1.82, 2.24) is 15.2 Å². The van der Waals surface area contributed by atoms with Crippen LogP contribution in [0.3, 0.4) is 0 Å². The number of aromatic amines is 2. The van der Waals surface area contributed by atoms with E-state index in [0.29, 0.717) is 21.3 Å². The van der Waals surface area contributed by atoms with Crippen LogP contribution in [0.4, 0.5) is 8.78 Å². The summed E-state index contributed by atoms with van der Waals surface area (Å²) >= 11 is 1.25. The zero-order valence-electron chi connectivity index (χ0n) is 12.8. The van der Waals surface area contributed by atoms with Crippen LogP contribution in [-0.2, 0) is 11.8 Å². The first-order chi connectivity index (χ1) is 11.3. The molecule has 4 rings (SSSR count). The molecule has 0 saturated carbocycles. The summed E-state index contributed by atoms with van der Waals surface area (Å²) in [5.41, 5.74) is 0.168. The summed E-state index contributed by atoms with van der Waals surface area (Å²) < 4.78 is 28.9. The highest BCUT2D eigenvalue weighted by Gasteiger charge is 2.47. The normalized spacial score (nSPS) is 22.7. The Morgan fingerprint density at radius 3 is 2.92 bits per heavy atom. The van der Waals surface area contributed by atoms with Crippen LogP contribution in [0.25, 0.3) is 20.5 Å². The van der Waals surface area contributed by atoms with Crippen molar-refractivity contribution in [2.24, 2.45) is 0 Å². The van der Waals surface area contributed by atoms with E-state index in [0.717, 1.165) is 10.4 Å². The summed E-state index contributed by atoms with van der Waals surface area (Å²) in [7, 11) is 0. The molecule has 0 aliphatic heterocycles. The van der Waals surface area contributed by atoms with Crippen molar-refractivity contribution in [3.63, 3.8) is 0 Å². The van der Waals surface area contributed by atoms with Crippen LogP contribution in [0.1, 0.15) is 24.6 Å². The molecule has 0 spiro atoms. The number of thiophene rings is 1. The molecule has 0 aromatic carbocycles. The molecule has 0 radical (unpaired) electrons. The minimum absolute atomic E-state index is 0.312. The van der Waals surface area contributed by atoms with Crippen molar-refractivity contribution >= 4 is 21.4 Å². The van der Waals surface area contributed by atoms with Gasteiger partial charge in [0.05, 0.1) is 12.8 Å². The van der Waals surface area contributed by atoms with Crippen LogP contribution < -0.4 is 5.56 Å². The lowest BCUT2D eigenvalue weighted by Gasteiger charge is -2.38. The van der Waals surface area contributed by atoms with Gasteiger partial charge in [0.15, 0.2) is 0 Å². The van der Waals surface area contributed by atoms with E-state index in [1.54, 1.807) is 25.4 Å². The molecule has 0 saturated heterocycles. The van der Waals surface area contributed by atoms with Gasteiger partial charge < -0.3 is 10.1 Å². The number of nitrogens with one attached hydrogen (secondary N) is 2. The minimum atomic E-state index is -2.92. The first kappa shape index (κ1) is 15.5. The lowest BCUT2D eigenvalue weighted by molar-refractivity contribution is -0.0454. The molecule has 24 heavy (non-hydrogen) atoms. The molecular formula is C16H15F2N3O2S. The van der Waals surface area contributed by atoms with Crippen molar-refractivity contribution in [3.8, 4) is 10.4 Å². The largest absolute Gasteiger partial charge is 0.395 e. The molecule has 3 aromatic rings. The second-order valence-electron chi connectivity index (χ2n) is 6.58. The third-order valence-electron chi connectivity index (χ3n) is 4.62. The topological polar surface area (TPSA) is 81.8 Å². The van der Waals surface area contributed by atoms with Gasteiger partial charge in [-0.25, -0.2) is 8.78 Å². The summed E-state index contributed by atoms with van der Waals surface area (Å²) in [5, 5.41) is 16.8. The fraction of sp³-hybridized carbons (Fsp3) is 0.375. The molecule has 0 bridgehead atoms. The van der Waals surface area contributed by atoms with Crippen molar-refractivity contribution in [3.05, 3.63) is 40.1 Å². The molecule has 3 heterocycles. The number of H-pyrrole nitrogens is 2. The number of nitrogens with zero attached hydrogens (tertiary/aromatic N) is 1. The molecule has 5 nitrogen and oxygen atoms in total. The number of aliphatic hydroxyl groups excluding tert-OH is 1. The highest BCUT2D eigenvalue weighted by Crippen LogP contribution is 2.46. The number of rotatable bonds is 2. The number of hydrogen-bond donors (Lipinski definition) is 3. The van der Waals surface area contributed by atoms with Crippen LogP contribution in [0.2, 0.25) is 0 Å². The summed E-state index contributed by atoms with van der Waals surface area (Å²) in [4.78, 5) is 16.0.